The summed E-state index contributed by atoms with van der Waals surface area (Å²) in [6.45, 7) is 4.04. The molecule has 5 rings (SSSR count). The molecule has 7 heteroatoms. The highest BCUT2D eigenvalue weighted by Gasteiger charge is 2.48. The van der Waals surface area contributed by atoms with Gasteiger partial charge in [0.25, 0.3) is 0 Å². The van der Waals surface area contributed by atoms with Gasteiger partial charge >= 0.3 is 15.6 Å². The van der Waals surface area contributed by atoms with E-state index in [9.17, 15) is 21.6 Å². The molecule has 3 nitrogen and oxygen atoms in total. The lowest BCUT2D eigenvalue weighted by molar-refractivity contribution is -0.0500. The maximum Gasteiger partial charge on any atom is 0.534 e. The quantitative estimate of drug-likeness (QED) is 0.151. The molecule has 0 bridgehead atoms. The molecular weight excluding hydrogens is 497 g/mol. The monoisotopic (exact) mass is 522 g/mol. The predicted molar refractivity (Wildman–Crippen MR) is 138 cm³/mol. The number of fused-ring (bicyclic) bond motifs is 1. The molecule has 0 spiro atoms. The summed E-state index contributed by atoms with van der Waals surface area (Å²) in [5, 5.41) is 0. The first-order valence-corrected chi connectivity index (χ1v) is 13.3. The summed E-state index contributed by atoms with van der Waals surface area (Å²) in [5.74, 6) is -0.400. The lowest BCUT2D eigenvalue weighted by atomic mass is 9.71. The summed E-state index contributed by atoms with van der Waals surface area (Å²) < 4.78 is 65.4. The van der Waals surface area contributed by atoms with E-state index in [0.717, 1.165) is 46.2 Å². The SMILES string of the molecule is Cc1ccc(C(C)(c2ccc(OS(=O)(=O)C(F)(F)F)cc2)c2ccc(-c3ccc4c(c3)CC4)cc2)cc1. The van der Waals surface area contributed by atoms with Crippen LogP contribution in [-0.4, -0.2) is 13.9 Å². The number of aryl methyl sites for hydroxylation is 3. The molecule has 0 saturated carbocycles. The van der Waals surface area contributed by atoms with Gasteiger partial charge < -0.3 is 4.18 Å². The van der Waals surface area contributed by atoms with Gasteiger partial charge in [-0.15, -0.1) is 0 Å². The molecule has 0 saturated heterocycles. The van der Waals surface area contributed by atoms with E-state index in [1.165, 1.54) is 23.3 Å². The highest BCUT2D eigenvalue weighted by molar-refractivity contribution is 7.88. The van der Waals surface area contributed by atoms with Crippen molar-refractivity contribution in [3.8, 4) is 16.9 Å². The van der Waals surface area contributed by atoms with Crippen LogP contribution in [0.25, 0.3) is 11.1 Å². The fourth-order valence-electron chi connectivity index (χ4n) is 4.78. The second kappa shape index (κ2) is 9.06. The van der Waals surface area contributed by atoms with E-state index in [2.05, 4.69) is 46.6 Å². The number of rotatable bonds is 6. The molecule has 1 unspecified atom stereocenters. The summed E-state index contributed by atoms with van der Waals surface area (Å²) in [5.41, 5.74) is 2.76. The lowest BCUT2D eigenvalue weighted by Crippen LogP contribution is -2.28. The fourth-order valence-corrected chi connectivity index (χ4v) is 5.23. The van der Waals surface area contributed by atoms with Gasteiger partial charge in [-0.05, 0) is 77.8 Å². The van der Waals surface area contributed by atoms with Crippen LogP contribution in [0.2, 0.25) is 0 Å². The van der Waals surface area contributed by atoms with Crippen LogP contribution in [0.3, 0.4) is 0 Å². The number of halogens is 3. The van der Waals surface area contributed by atoms with Crippen LogP contribution in [0.5, 0.6) is 5.75 Å². The highest BCUT2D eigenvalue weighted by Crippen LogP contribution is 2.41. The molecule has 0 radical (unpaired) electrons. The van der Waals surface area contributed by atoms with Gasteiger partial charge in [0.05, 0.1) is 0 Å². The molecule has 0 N–H and O–H groups in total. The third-order valence-electron chi connectivity index (χ3n) is 7.22. The Morgan fingerprint density at radius 2 is 1.16 bits per heavy atom. The average Bonchev–Trinajstić information content (AvgIpc) is 2.84. The van der Waals surface area contributed by atoms with Gasteiger partial charge in [-0.3, -0.25) is 0 Å². The molecule has 4 aromatic carbocycles. The Morgan fingerprint density at radius 3 is 1.65 bits per heavy atom. The minimum atomic E-state index is -5.74. The van der Waals surface area contributed by atoms with E-state index in [1.807, 2.05) is 38.1 Å². The maximum atomic E-state index is 12.8. The molecule has 1 aliphatic carbocycles. The van der Waals surface area contributed by atoms with E-state index in [1.54, 1.807) is 12.1 Å². The Labute approximate surface area is 214 Å². The van der Waals surface area contributed by atoms with Gasteiger partial charge in [0.2, 0.25) is 0 Å². The topological polar surface area (TPSA) is 43.4 Å². The molecule has 190 valence electrons. The maximum absolute atomic E-state index is 12.8. The van der Waals surface area contributed by atoms with Crippen LogP contribution in [0, 0.1) is 6.92 Å². The zero-order valence-electron chi connectivity index (χ0n) is 20.3. The molecule has 4 aromatic rings. The normalized spacial score (nSPS) is 14.8. The molecule has 0 fully saturated rings. The highest BCUT2D eigenvalue weighted by atomic mass is 32.2. The first-order chi connectivity index (χ1) is 17.5. The van der Waals surface area contributed by atoms with Gasteiger partial charge in [0.1, 0.15) is 5.75 Å². The van der Waals surface area contributed by atoms with E-state index in [0.29, 0.717) is 0 Å². The van der Waals surface area contributed by atoms with Crippen LogP contribution >= 0.6 is 0 Å². The third kappa shape index (κ3) is 4.64. The average molecular weight is 523 g/mol. The van der Waals surface area contributed by atoms with Crippen LogP contribution in [0.1, 0.15) is 40.3 Å². The summed E-state index contributed by atoms with van der Waals surface area (Å²) in [6, 6.07) is 28.6. The van der Waals surface area contributed by atoms with Crippen molar-refractivity contribution in [2.45, 2.75) is 37.6 Å². The number of hydrogen-bond donors (Lipinski definition) is 0. The van der Waals surface area contributed by atoms with Crippen LogP contribution < -0.4 is 4.18 Å². The summed E-state index contributed by atoms with van der Waals surface area (Å²) >= 11 is 0. The summed E-state index contributed by atoms with van der Waals surface area (Å²) in [6.07, 6.45) is 2.24. The minimum Gasteiger partial charge on any atom is -0.376 e. The van der Waals surface area contributed by atoms with E-state index in [-0.39, 0.29) is 0 Å². The van der Waals surface area contributed by atoms with Gasteiger partial charge in [-0.25, -0.2) is 0 Å². The number of hydrogen-bond acceptors (Lipinski definition) is 3. The molecule has 1 aliphatic rings. The number of benzene rings is 4. The standard InChI is InChI=1S/C30H25F3O3S/c1-20-3-11-25(12-4-20)29(2,27-15-17-28(18-16-27)36-37(34,35)30(31,32)33)26-13-9-22(10-14-26)24-8-6-21-5-7-23(21)19-24/h3-4,6,8-19H,5,7H2,1-2H3. The van der Waals surface area contributed by atoms with E-state index >= 15 is 0 Å². The van der Waals surface area contributed by atoms with Crippen molar-refractivity contribution in [1.29, 1.82) is 0 Å². The van der Waals surface area contributed by atoms with E-state index in [4.69, 9.17) is 0 Å². The van der Waals surface area contributed by atoms with Crippen molar-refractivity contribution in [2.24, 2.45) is 0 Å². The molecule has 37 heavy (non-hydrogen) atoms. The van der Waals surface area contributed by atoms with Crippen molar-refractivity contribution in [1.82, 2.24) is 0 Å². The molecule has 0 aromatic heterocycles. The molecular formula is C30H25F3O3S. The van der Waals surface area contributed by atoms with Gasteiger partial charge in [0, 0.05) is 5.41 Å². The van der Waals surface area contributed by atoms with E-state index < -0.39 is 26.8 Å². The Morgan fingerprint density at radius 1 is 0.676 bits per heavy atom. The van der Waals surface area contributed by atoms with Crippen molar-refractivity contribution < 1.29 is 25.8 Å². The summed E-state index contributed by atoms with van der Waals surface area (Å²) in [4.78, 5) is 0. The van der Waals surface area contributed by atoms with Gasteiger partial charge in [0.15, 0.2) is 0 Å². The zero-order valence-corrected chi connectivity index (χ0v) is 21.2. The van der Waals surface area contributed by atoms with Crippen LogP contribution in [0.4, 0.5) is 13.2 Å². The summed E-state index contributed by atoms with van der Waals surface area (Å²) in [7, 11) is -5.74. The Balaban J connectivity index is 1.53. The number of alkyl halides is 3. The minimum absolute atomic E-state index is 0.400. The van der Waals surface area contributed by atoms with Gasteiger partial charge in [-0.1, -0.05) is 84.4 Å². The Bertz CT molecular complexity index is 1540. The Hall–Kier alpha value is -3.58. The molecule has 0 aliphatic heterocycles. The second-order valence-corrected chi connectivity index (χ2v) is 11.1. The fraction of sp³-hybridized carbons (Fsp3) is 0.200. The predicted octanol–water partition coefficient (Wildman–Crippen LogP) is 7.34. The smallest absolute Gasteiger partial charge is 0.376 e. The van der Waals surface area contributed by atoms with Crippen molar-refractivity contribution in [2.75, 3.05) is 0 Å². The third-order valence-corrected chi connectivity index (χ3v) is 8.19. The van der Waals surface area contributed by atoms with Crippen molar-refractivity contribution in [3.63, 3.8) is 0 Å². The van der Waals surface area contributed by atoms with Gasteiger partial charge in [-0.2, -0.15) is 21.6 Å². The molecule has 1 atom stereocenters. The molecule has 0 heterocycles. The Kier molecular flexibility index (Phi) is 6.15. The largest absolute Gasteiger partial charge is 0.534 e. The van der Waals surface area contributed by atoms with Crippen molar-refractivity contribution >= 4 is 10.1 Å². The second-order valence-electron chi connectivity index (χ2n) is 9.56. The first kappa shape index (κ1) is 25.1. The van der Waals surface area contributed by atoms with Crippen LogP contribution in [0.15, 0.2) is 91.0 Å². The van der Waals surface area contributed by atoms with Crippen molar-refractivity contribution in [3.05, 3.63) is 124 Å². The lowest BCUT2D eigenvalue weighted by Gasteiger charge is -2.32. The van der Waals surface area contributed by atoms with Crippen LogP contribution in [-0.2, 0) is 28.4 Å². The first-order valence-electron chi connectivity index (χ1n) is 11.9. The zero-order chi connectivity index (χ0) is 26.4. The molecule has 0 amide bonds.